The van der Waals surface area contributed by atoms with Crippen molar-refractivity contribution in [2.24, 2.45) is 0 Å². The van der Waals surface area contributed by atoms with Gasteiger partial charge in [0.25, 0.3) is 0 Å². The van der Waals surface area contributed by atoms with Crippen molar-refractivity contribution in [3.63, 3.8) is 0 Å². The number of amides is 3. The number of hydrogen-bond donors (Lipinski definition) is 2. The molecule has 0 aliphatic carbocycles. The van der Waals surface area contributed by atoms with Crippen LogP contribution in [0, 0.1) is 0 Å². The number of alkyl halides is 3. The van der Waals surface area contributed by atoms with E-state index in [9.17, 15) is 22.8 Å². The first-order valence-corrected chi connectivity index (χ1v) is 12.4. The number of morpholine rings is 1. The van der Waals surface area contributed by atoms with Crippen LogP contribution in [0.4, 0.5) is 35.2 Å². The van der Waals surface area contributed by atoms with Gasteiger partial charge >= 0.3 is 12.2 Å². The van der Waals surface area contributed by atoms with Crippen LogP contribution in [0.1, 0.15) is 17.7 Å². The quantitative estimate of drug-likeness (QED) is 0.505. The van der Waals surface area contributed by atoms with Crippen LogP contribution in [-0.4, -0.2) is 70.8 Å². The minimum Gasteiger partial charge on any atom is -0.378 e. The number of fused-ring (bicyclic) bond motifs is 1. The summed E-state index contributed by atoms with van der Waals surface area (Å²) in [6.07, 6.45) is -2.58. The lowest BCUT2D eigenvalue weighted by Crippen LogP contribution is -2.41. The molecule has 0 bridgehead atoms. The van der Waals surface area contributed by atoms with Crippen molar-refractivity contribution in [3.8, 4) is 11.4 Å². The van der Waals surface area contributed by atoms with Crippen molar-refractivity contribution in [1.82, 2.24) is 19.9 Å². The summed E-state index contributed by atoms with van der Waals surface area (Å²) in [5.41, 5.74) is 3.11. The molecule has 39 heavy (non-hydrogen) atoms. The first kappa shape index (κ1) is 26.4. The molecule has 0 atom stereocenters. The SMILES string of the molecule is O=C(Nc1ccc(-c2nc3c(c(N4CCOCC4)n2)CCN(C(=O)CC(F)(F)F)C3)cc1)Nc1cccnc1. The summed E-state index contributed by atoms with van der Waals surface area (Å²) >= 11 is 0. The fraction of sp³-hybridized carbons (Fsp3) is 0.346. The number of urea groups is 1. The lowest BCUT2D eigenvalue weighted by atomic mass is 10.0. The van der Waals surface area contributed by atoms with E-state index in [2.05, 4.69) is 25.5 Å². The van der Waals surface area contributed by atoms with Crippen LogP contribution in [0.3, 0.4) is 0 Å². The number of ether oxygens (including phenoxy) is 1. The lowest BCUT2D eigenvalue weighted by molar-refractivity contribution is -0.162. The van der Waals surface area contributed by atoms with E-state index in [1.54, 1.807) is 42.6 Å². The maximum atomic E-state index is 12.8. The zero-order valence-electron chi connectivity index (χ0n) is 20.9. The van der Waals surface area contributed by atoms with Crippen molar-refractivity contribution in [1.29, 1.82) is 0 Å². The predicted octanol–water partition coefficient (Wildman–Crippen LogP) is 3.86. The Bertz CT molecular complexity index is 1330. The lowest BCUT2D eigenvalue weighted by Gasteiger charge is -2.34. The van der Waals surface area contributed by atoms with E-state index in [-0.39, 0.29) is 13.1 Å². The minimum absolute atomic E-state index is 0.0226. The van der Waals surface area contributed by atoms with Crippen LogP contribution in [0.2, 0.25) is 0 Å². The zero-order chi connectivity index (χ0) is 27.4. The third-order valence-electron chi connectivity index (χ3n) is 6.38. The van der Waals surface area contributed by atoms with Crippen LogP contribution in [0.25, 0.3) is 11.4 Å². The second-order valence-electron chi connectivity index (χ2n) is 9.15. The summed E-state index contributed by atoms with van der Waals surface area (Å²) in [5, 5.41) is 5.43. The minimum atomic E-state index is -4.57. The van der Waals surface area contributed by atoms with Gasteiger partial charge in [0.15, 0.2) is 5.82 Å². The Morgan fingerprint density at radius 2 is 1.72 bits per heavy atom. The molecule has 2 aliphatic heterocycles. The number of nitrogens with zero attached hydrogens (tertiary/aromatic N) is 5. The summed E-state index contributed by atoms with van der Waals surface area (Å²) in [6.45, 7) is 2.45. The predicted molar refractivity (Wildman–Crippen MR) is 137 cm³/mol. The Morgan fingerprint density at radius 3 is 2.41 bits per heavy atom. The van der Waals surface area contributed by atoms with Crippen molar-refractivity contribution < 1.29 is 27.5 Å². The van der Waals surface area contributed by atoms with E-state index in [0.29, 0.717) is 67.0 Å². The number of halogens is 3. The Balaban J connectivity index is 1.38. The van der Waals surface area contributed by atoms with Crippen LogP contribution < -0.4 is 15.5 Å². The third-order valence-corrected chi connectivity index (χ3v) is 6.38. The number of nitrogens with one attached hydrogen (secondary N) is 2. The Kier molecular flexibility index (Phi) is 7.59. The standard InChI is InChI=1S/C26H26F3N7O3/c27-26(28,29)14-22(37)36-9-7-20-21(16-36)33-23(34-24(20)35-10-12-39-13-11-35)17-3-5-18(6-4-17)31-25(38)32-19-2-1-8-30-15-19/h1-6,8,15H,7,9-14,16H2,(H2,31,32,38). The molecule has 1 fully saturated rings. The molecule has 204 valence electrons. The number of carbonyl (C=O) groups is 2. The number of rotatable bonds is 5. The first-order chi connectivity index (χ1) is 18.7. The largest absolute Gasteiger partial charge is 0.397 e. The number of carbonyl (C=O) groups excluding carboxylic acids is 2. The number of pyridine rings is 1. The molecule has 1 saturated heterocycles. The normalized spacial score (nSPS) is 15.5. The summed E-state index contributed by atoms with van der Waals surface area (Å²) in [6, 6.07) is 9.90. The molecule has 0 saturated carbocycles. The monoisotopic (exact) mass is 541 g/mol. The topological polar surface area (TPSA) is 113 Å². The van der Waals surface area contributed by atoms with Crippen LogP contribution in [0.15, 0.2) is 48.8 Å². The molecule has 2 aliphatic rings. The van der Waals surface area contributed by atoms with Gasteiger partial charge in [0.1, 0.15) is 12.2 Å². The molecule has 10 nitrogen and oxygen atoms in total. The second-order valence-corrected chi connectivity index (χ2v) is 9.15. The molecule has 0 radical (unpaired) electrons. The van der Waals surface area contributed by atoms with Crippen LogP contribution in [-0.2, 0) is 22.5 Å². The number of aromatic nitrogens is 3. The zero-order valence-corrected chi connectivity index (χ0v) is 20.9. The van der Waals surface area contributed by atoms with Crippen molar-refractivity contribution in [2.45, 2.75) is 25.6 Å². The molecule has 0 unspecified atom stereocenters. The van der Waals surface area contributed by atoms with E-state index in [1.165, 1.54) is 11.1 Å². The van der Waals surface area contributed by atoms with E-state index < -0.39 is 24.5 Å². The van der Waals surface area contributed by atoms with Gasteiger partial charge in [-0.2, -0.15) is 13.2 Å². The van der Waals surface area contributed by atoms with Gasteiger partial charge in [-0.1, -0.05) is 0 Å². The van der Waals surface area contributed by atoms with Crippen molar-refractivity contribution >= 4 is 29.1 Å². The van der Waals surface area contributed by atoms with Crippen LogP contribution >= 0.6 is 0 Å². The highest BCUT2D eigenvalue weighted by Gasteiger charge is 2.35. The highest BCUT2D eigenvalue weighted by atomic mass is 19.4. The highest BCUT2D eigenvalue weighted by Crippen LogP contribution is 2.31. The Labute approximate surface area is 222 Å². The summed E-state index contributed by atoms with van der Waals surface area (Å²) in [5.74, 6) is 0.118. The van der Waals surface area contributed by atoms with Gasteiger partial charge in [-0.05, 0) is 42.8 Å². The Hall–Kier alpha value is -4.26. The van der Waals surface area contributed by atoms with E-state index in [0.717, 1.165) is 5.56 Å². The average molecular weight is 542 g/mol. The number of hydrogen-bond acceptors (Lipinski definition) is 7. The van der Waals surface area contributed by atoms with Crippen LogP contribution in [0.5, 0.6) is 0 Å². The highest BCUT2D eigenvalue weighted by molar-refractivity contribution is 5.99. The number of anilines is 3. The summed E-state index contributed by atoms with van der Waals surface area (Å²) in [7, 11) is 0. The molecule has 5 rings (SSSR count). The molecular weight excluding hydrogens is 515 g/mol. The van der Waals surface area contributed by atoms with Gasteiger partial charge < -0.3 is 25.2 Å². The average Bonchev–Trinajstić information content (AvgIpc) is 2.92. The fourth-order valence-electron chi connectivity index (χ4n) is 4.51. The molecule has 2 aromatic heterocycles. The van der Waals surface area contributed by atoms with Gasteiger partial charge in [-0.3, -0.25) is 9.78 Å². The van der Waals surface area contributed by atoms with Gasteiger partial charge in [-0.15, -0.1) is 0 Å². The molecular formula is C26H26F3N7O3. The van der Waals surface area contributed by atoms with Gasteiger partial charge in [0.2, 0.25) is 5.91 Å². The molecule has 0 spiro atoms. The molecule has 2 N–H and O–H groups in total. The molecule has 3 amide bonds. The summed E-state index contributed by atoms with van der Waals surface area (Å²) in [4.78, 5) is 41.3. The maximum absolute atomic E-state index is 12.8. The van der Waals surface area contributed by atoms with Gasteiger partial charge in [-0.25, -0.2) is 14.8 Å². The fourth-order valence-corrected chi connectivity index (χ4v) is 4.51. The van der Waals surface area contributed by atoms with E-state index >= 15 is 0 Å². The van der Waals surface area contributed by atoms with Gasteiger partial charge in [0, 0.05) is 42.6 Å². The molecule has 4 heterocycles. The molecule has 1 aromatic carbocycles. The maximum Gasteiger partial charge on any atom is 0.397 e. The van der Waals surface area contributed by atoms with Crippen molar-refractivity contribution in [3.05, 3.63) is 60.0 Å². The Morgan fingerprint density at radius 1 is 0.974 bits per heavy atom. The molecule has 13 heteroatoms. The second kappa shape index (κ2) is 11.2. The number of benzene rings is 1. The molecule has 3 aromatic rings. The van der Waals surface area contributed by atoms with E-state index in [1.807, 2.05) is 0 Å². The van der Waals surface area contributed by atoms with Gasteiger partial charge in [0.05, 0.1) is 37.3 Å². The third kappa shape index (κ3) is 6.60. The smallest absolute Gasteiger partial charge is 0.378 e. The van der Waals surface area contributed by atoms with Crippen molar-refractivity contribution in [2.75, 3.05) is 48.4 Å². The summed E-state index contributed by atoms with van der Waals surface area (Å²) < 4.78 is 44.0. The first-order valence-electron chi connectivity index (χ1n) is 12.4. The van der Waals surface area contributed by atoms with E-state index in [4.69, 9.17) is 9.72 Å².